The molecule has 0 saturated carbocycles. The van der Waals surface area contributed by atoms with Crippen LogP contribution in [0.3, 0.4) is 0 Å². The van der Waals surface area contributed by atoms with E-state index in [1.165, 1.54) is 48.2 Å². The molecule has 2 aromatic carbocycles. The Morgan fingerprint density at radius 3 is 2.48 bits per heavy atom. The first-order valence-electron chi connectivity index (χ1n) is 8.35. The molecule has 0 spiro atoms. The summed E-state index contributed by atoms with van der Waals surface area (Å²) >= 11 is 0. The first-order valence-corrected chi connectivity index (χ1v) is 8.35. The average molecular weight is 311 g/mol. The Balaban J connectivity index is 1.77. The van der Waals surface area contributed by atoms with Gasteiger partial charge in [-0.3, -0.25) is 4.79 Å². The standard InChI is InChI=1S/C20H22FNO/c1-2-19(22-20(23)15-9-11-18(21)12-10-15)17-8-7-14-5-3-4-6-16(14)13-17/h7-13,19H,2-6H2,1H3,(H,22,23)/t19-/m1/s1. The lowest BCUT2D eigenvalue weighted by Gasteiger charge is -2.21. The van der Waals surface area contributed by atoms with E-state index in [9.17, 15) is 9.18 Å². The second-order valence-corrected chi connectivity index (χ2v) is 6.18. The van der Waals surface area contributed by atoms with E-state index < -0.39 is 0 Å². The minimum absolute atomic E-state index is 0.0141. The van der Waals surface area contributed by atoms with E-state index in [1.807, 2.05) is 0 Å². The van der Waals surface area contributed by atoms with Crippen molar-refractivity contribution in [2.24, 2.45) is 0 Å². The molecule has 1 aliphatic carbocycles. The fourth-order valence-electron chi connectivity index (χ4n) is 3.23. The van der Waals surface area contributed by atoms with Gasteiger partial charge < -0.3 is 5.32 Å². The van der Waals surface area contributed by atoms with Crippen molar-refractivity contribution in [3.63, 3.8) is 0 Å². The van der Waals surface area contributed by atoms with Gasteiger partial charge in [-0.1, -0.05) is 25.1 Å². The Labute approximate surface area is 136 Å². The van der Waals surface area contributed by atoms with E-state index in [-0.39, 0.29) is 17.8 Å². The Morgan fingerprint density at radius 2 is 1.78 bits per heavy atom. The third-order valence-electron chi connectivity index (χ3n) is 4.59. The average Bonchev–Trinajstić information content (AvgIpc) is 2.59. The molecule has 2 aromatic rings. The molecular formula is C20H22FNO. The lowest BCUT2D eigenvalue weighted by atomic mass is 9.88. The van der Waals surface area contributed by atoms with Crippen molar-refractivity contribution in [2.75, 3.05) is 0 Å². The fraction of sp³-hybridized carbons (Fsp3) is 0.350. The predicted octanol–water partition coefficient (Wildman–Crippen LogP) is 4.59. The van der Waals surface area contributed by atoms with Gasteiger partial charge in [0.25, 0.3) is 5.91 Å². The molecule has 1 N–H and O–H groups in total. The molecule has 0 aromatic heterocycles. The molecule has 0 heterocycles. The molecule has 120 valence electrons. The minimum atomic E-state index is -0.330. The summed E-state index contributed by atoms with van der Waals surface area (Å²) in [4.78, 5) is 12.4. The van der Waals surface area contributed by atoms with Crippen molar-refractivity contribution in [2.45, 2.75) is 45.1 Å². The molecule has 0 fully saturated rings. The van der Waals surface area contributed by atoms with Gasteiger partial charge in [-0.25, -0.2) is 4.39 Å². The first-order chi connectivity index (χ1) is 11.2. The van der Waals surface area contributed by atoms with Crippen molar-refractivity contribution >= 4 is 5.91 Å². The van der Waals surface area contributed by atoms with Crippen LogP contribution in [0.2, 0.25) is 0 Å². The normalized spacial score (nSPS) is 14.9. The zero-order valence-corrected chi connectivity index (χ0v) is 13.4. The number of rotatable bonds is 4. The molecule has 0 bridgehead atoms. The number of amides is 1. The van der Waals surface area contributed by atoms with Gasteiger partial charge in [-0.05, 0) is 73.1 Å². The van der Waals surface area contributed by atoms with E-state index in [1.54, 1.807) is 0 Å². The summed E-state index contributed by atoms with van der Waals surface area (Å²) in [5, 5.41) is 3.06. The van der Waals surface area contributed by atoms with E-state index in [0.29, 0.717) is 5.56 Å². The zero-order valence-electron chi connectivity index (χ0n) is 13.4. The summed E-state index contributed by atoms with van der Waals surface area (Å²) in [6.07, 6.45) is 5.63. The third-order valence-corrected chi connectivity index (χ3v) is 4.59. The SMILES string of the molecule is CC[C@@H](NC(=O)c1ccc(F)cc1)c1ccc2c(c1)CCCC2. The Kier molecular flexibility index (Phi) is 4.75. The number of carbonyl (C=O) groups is 1. The predicted molar refractivity (Wildman–Crippen MR) is 90.0 cm³/mol. The maximum Gasteiger partial charge on any atom is 0.251 e. The molecular weight excluding hydrogens is 289 g/mol. The minimum Gasteiger partial charge on any atom is -0.345 e. The summed E-state index contributed by atoms with van der Waals surface area (Å²) in [6, 6.07) is 12.2. The Hall–Kier alpha value is -2.16. The monoisotopic (exact) mass is 311 g/mol. The highest BCUT2D eigenvalue weighted by Crippen LogP contribution is 2.26. The fourth-order valence-corrected chi connectivity index (χ4v) is 3.23. The number of aryl methyl sites for hydroxylation is 2. The number of benzene rings is 2. The van der Waals surface area contributed by atoms with Crippen LogP contribution < -0.4 is 5.32 Å². The molecule has 23 heavy (non-hydrogen) atoms. The molecule has 0 saturated heterocycles. The van der Waals surface area contributed by atoms with Gasteiger partial charge in [0.1, 0.15) is 5.82 Å². The molecule has 0 aliphatic heterocycles. The number of carbonyl (C=O) groups excluding carboxylic acids is 1. The van der Waals surface area contributed by atoms with E-state index in [4.69, 9.17) is 0 Å². The van der Waals surface area contributed by atoms with Gasteiger partial charge in [0, 0.05) is 5.56 Å². The summed E-state index contributed by atoms with van der Waals surface area (Å²) < 4.78 is 13.0. The van der Waals surface area contributed by atoms with Gasteiger partial charge in [-0.15, -0.1) is 0 Å². The maximum atomic E-state index is 13.0. The molecule has 3 rings (SSSR count). The van der Waals surface area contributed by atoms with E-state index in [2.05, 4.69) is 30.4 Å². The lowest BCUT2D eigenvalue weighted by Crippen LogP contribution is -2.28. The largest absolute Gasteiger partial charge is 0.345 e. The van der Waals surface area contributed by atoms with Gasteiger partial charge in [0.2, 0.25) is 0 Å². The summed E-state index contributed by atoms with van der Waals surface area (Å²) in [7, 11) is 0. The summed E-state index contributed by atoms with van der Waals surface area (Å²) in [5.41, 5.74) is 4.51. The number of fused-ring (bicyclic) bond motifs is 1. The topological polar surface area (TPSA) is 29.1 Å². The van der Waals surface area contributed by atoms with Gasteiger partial charge >= 0.3 is 0 Å². The number of halogens is 1. The van der Waals surface area contributed by atoms with Crippen LogP contribution in [0, 0.1) is 5.82 Å². The number of nitrogens with one attached hydrogen (secondary N) is 1. The van der Waals surface area contributed by atoms with Crippen molar-refractivity contribution in [1.29, 1.82) is 0 Å². The van der Waals surface area contributed by atoms with Crippen molar-refractivity contribution in [3.8, 4) is 0 Å². The van der Waals surface area contributed by atoms with Gasteiger partial charge in [0.05, 0.1) is 6.04 Å². The summed E-state index contributed by atoms with van der Waals surface area (Å²) in [5.74, 6) is -0.488. The van der Waals surface area contributed by atoms with Gasteiger partial charge in [0.15, 0.2) is 0 Å². The van der Waals surface area contributed by atoms with E-state index in [0.717, 1.165) is 24.8 Å². The zero-order chi connectivity index (χ0) is 16.2. The second kappa shape index (κ2) is 6.95. The van der Waals surface area contributed by atoms with Crippen LogP contribution in [-0.4, -0.2) is 5.91 Å². The Morgan fingerprint density at radius 1 is 1.09 bits per heavy atom. The lowest BCUT2D eigenvalue weighted by molar-refractivity contribution is 0.0935. The smallest absolute Gasteiger partial charge is 0.251 e. The van der Waals surface area contributed by atoms with Crippen LogP contribution in [0.25, 0.3) is 0 Å². The first kappa shape index (κ1) is 15.7. The van der Waals surface area contributed by atoms with E-state index >= 15 is 0 Å². The molecule has 1 aliphatic rings. The number of hydrogen-bond donors (Lipinski definition) is 1. The molecule has 0 radical (unpaired) electrons. The quantitative estimate of drug-likeness (QED) is 0.879. The highest BCUT2D eigenvalue weighted by Gasteiger charge is 2.17. The summed E-state index contributed by atoms with van der Waals surface area (Å²) in [6.45, 7) is 2.06. The van der Waals surface area contributed by atoms with Crippen LogP contribution in [0.1, 0.15) is 59.3 Å². The third kappa shape index (κ3) is 3.61. The second-order valence-electron chi connectivity index (χ2n) is 6.18. The molecule has 1 amide bonds. The van der Waals surface area contributed by atoms with Gasteiger partial charge in [-0.2, -0.15) is 0 Å². The van der Waals surface area contributed by atoms with Crippen LogP contribution >= 0.6 is 0 Å². The van der Waals surface area contributed by atoms with Crippen LogP contribution in [-0.2, 0) is 12.8 Å². The Bertz CT molecular complexity index is 693. The van der Waals surface area contributed by atoms with Crippen LogP contribution in [0.5, 0.6) is 0 Å². The van der Waals surface area contributed by atoms with Crippen LogP contribution in [0.4, 0.5) is 4.39 Å². The highest BCUT2D eigenvalue weighted by atomic mass is 19.1. The molecule has 3 heteroatoms. The molecule has 2 nitrogen and oxygen atoms in total. The van der Waals surface area contributed by atoms with Crippen molar-refractivity contribution in [1.82, 2.24) is 5.32 Å². The maximum absolute atomic E-state index is 13.0. The molecule has 0 unspecified atom stereocenters. The molecule has 1 atom stereocenters. The van der Waals surface area contributed by atoms with Crippen LogP contribution in [0.15, 0.2) is 42.5 Å². The van der Waals surface area contributed by atoms with Crippen molar-refractivity contribution in [3.05, 3.63) is 70.5 Å². The van der Waals surface area contributed by atoms with Crippen molar-refractivity contribution < 1.29 is 9.18 Å². The number of hydrogen-bond acceptors (Lipinski definition) is 1. The highest BCUT2D eigenvalue weighted by molar-refractivity contribution is 5.94.